The van der Waals surface area contributed by atoms with E-state index in [0.717, 1.165) is 74.9 Å². The van der Waals surface area contributed by atoms with Crippen LogP contribution in [0.25, 0.3) is 11.0 Å². The molecule has 0 aliphatic heterocycles. The fourth-order valence-corrected chi connectivity index (χ4v) is 6.94. The molecule has 0 amide bonds. The fraction of sp³-hybridized carbons (Fsp3) is 0.562. The lowest BCUT2D eigenvalue weighted by Gasteiger charge is -2.59. The zero-order valence-corrected chi connectivity index (χ0v) is 23.4. The van der Waals surface area contributed by atoms with Crippen LogP contribution >= 0.6 is 0 Å². The van der Waals surface area contributed by atoms with E-state index < -0.39 is 5.60 Å². The van der Waals surface area contributed by atoms with Gasteiger partial charge in [0.25, 0.3) is 0 Å². The van der Waals surface area contributed by atoms with Crippen molar-refractivity contribution in [1.82, 2.24) is 14.9 Å². The summed E-state index contributed by atoms with van der Waals surface area (Å²) in [6.07, 6.45) is 6.78. The van der Waals surface area contributed by atoms with E-state index in [2.05, 4.69) is 53.3 Å². The van der Waals surface area contributed by atoms with Crippen molar-refractivity contribution in [3.63, 3.8) is 0 Å². The summed E-state index contributed by atoms with van der Waals surface area (Å²) in [6, 6.07) is 18.8. The van der Waals surface area contributed by atoms with Gasteiger partial charge in [-0.3, -0.25) is 4.79 Å². The second-order valence-electron chi connectivity index (χ2n) is 11.8. The molecule has 3 saturated carbocycles. The summed E-state index contributed by atoms with van der Waals surface area (Å²) in [5.74, 6) is 1.46. The predicted octanol–water partition coefficient (Wildman–Crippen LogP) is 6.12. The number of nitrogens with zero attached hydrogens (tertiary/aromatic N) is 2. The number of hydrogen-bond donors (Lipinski definition) is 1. The molecule has 0 spiro atoms. The van der Waals surface area contributed by atoms with Crippen LogP contribution in [-0.4, -0.2) is 53.7 Å². The first-order valence-corrected chi connectivity index (χ1v) is 14.3. The van der Waals surface area contributed by atoms with Gasteiger partial charge < -0.3 is 19.4 Å². The maximum Gasteiger partial charge on any atom is 0.308 e. The van der Waals surface area contributed by atoms with E-state index in [0.29, 0.717) is 11.8 Å². The molecule has 1 N–H and O–H groups in total. The van der Waals surface area contributed by atoms with Crippen LogP contribution in [0.2, 0.25) is 0 Å². The monoisotopic (exact) mass is 517 g/mol. The molecule has 1 aromatic heterocycles. The Morgan fingerprint density at radius 1 is 1.05 bits per heavy atom. The molecule has 0 unspecified atom stereocenters. The van der Waals surface area contributed by atoms with Crippen LogP contribution in [0.1, 0.15) is 63.8 Å². The molecule has 38 heavy (non-hydrogen) atoms. The Morgan fingerprint density at radius 2 is 1.79 bits per heavy atom. The summed E-state index contributed by atoms with van der Waals surface area (Å²) < 4.78 is 12.8. The highest BCUT2D eigenvalue weighted by Crippen LogP contribution is 2.60. The number of aromatic amines is 1. The standard InChI is InChI=1S/C32H43N3O3/c1-23(2)30(36)38-31(18-20-35(3)19-10-15-29-33-27-13-8-9-14-28(27)34-29)21-26-17-16-25(31)22-32(26,37-4)24-11-6-5-7-12-24/h5-9,11-14,23,25-26H,10,15-22H2,1-4H3,(H,33,34)/t25-,26-,31+,32+/m1/s1. The van der Waals surface area contributed by atoms with Crippen LogP contribution in [0.15, 0.2) is 54.6 Å². The summed E-state index contributed by atoms with van der Waals surface area (Å²) in [7, 11) is 4.03. The first-order chi connectivity index (χ1) is 18.3. The number of rotatable bonds is 11. The van der Waals surface area contributed by atoms with Gasteiger partial charge in [0.1, 0.15) is 11.4 Å². The normalized spacial score (nSPS) is 26.9. The zero-order chi connectivity index (χ0) is 26.8. The number of esters is 1. The largest absolute Gasteiger partial charge is 0.459 e. The summed E-state index contributed by atoms with van der Waals surface area (Å²) in [4.78, 5) is 23.5. The number of methoxy groups -OCH3 is 1. The molecule has 0 saturated heterocycles. The number of H-pyrrole nitrogens is 1. The van der Waals surface area contributed by atoms with Crippen LogP contribution < -0.4 is 0 Å². The minimum atomic E-state index is -0.423. The van der Waals surface area contributed by atoms with Gasteiger partial charge in [-0.15, -0.1) is 0 Å². The molecule has 3 aromatic rings. The van der Waals surface area contributed by atoms with Gasteiger partial charge in [-0.25, -0.2) is 4.98 Å². The topological polar surface area (TPSA) is 67.4 Å². The first-order valence-electron chi connectivity index (χ1n) is 14.3. The third-order valence-corrected chi connectivity index (χ3v) is 9.12. The van der Waals surface area contributed by atoms with E-state index in [1.54, 1.807) is 0 Å². The third-order valence-electron chi connectivity index (χ3n) is 9.12. The second-order valence-corrected chi connectivity index (χ2v) is 11.8. The Balaban J connectivity index is 1.25. The molecule has 6 rings (SSSR count). The maximum absolute atomic E-state index is 13.0. The Labute approximate surface area is 227 Å². The number of hydrogen-bond acceptors (Lipinski definition) is 5. The number of benzene rings is 2. The Kier molecular flexibility index (Phi) is 7.92. The average molecular weight is 518 g/mol. The van der Waals surface area contributed by atoms with Gasteiger partial charge in [0.15, 0.2) is 0 Å². The molecule has 204 valence electrons. The number of para-hydroxylation sites is 2. The van der Waals surface area contributed by atoms with E-state index in [1.807, 2.05) is 39.2 Å². The number of carbonyl (C=O) groups excluding carboxylic acids is 1. The van der Waals surface area contributed by atoms with Crippen molar-refractivity contribution in [3.05, 3.63) is 66.0 Å². The van der Waals surface area contributed by atoms with E-state index in [4.69, 9.17) is 14.5 Å². The molecule has 3 aliphatic carbocycles. The second kappa shape index (κ2) is 11.2. The van der Waals surface area contributed by atoms with Gasteiger partial charge >= 0.3 is 5.97 Å². The van der Waals surface area contributed by atoms with Crippen molar-refractivity contribution in [3.8, 4) is 0 Å². The highest BCUT2D eigenvalue weighted by atomic mass is 16.6. The van der Waals surface area contributed by atoms with Gasteiger partial charge in [0, 0.05) is 32.4 Å². The number of imidazole rings is 1. The van der Waals surface area contributed by atoms with Crippen molar-refractivity contribution >= 4 is 17.0 Å². The summed E-state index contributed by atoms with van der Waals surface area (Å²) >= 11 is 0. The number of ether oxygens (including phenoxy) is 2. The molecule has 0 radical (unpaired) electrons. The van der Waals surface area contributed by atoms with Crippen molar-refractivity contribution in [2.24, 2.45) is 17.8 Å². The van der Waals surface area contributed by atoms with Crippen molar-refractivity contribution in [2.75, 3.05) is 27.2 Å². The molecule has 6 heteroatoms. The van der Waals surface area contributed by atoms with Crippen LogP contribution in [-0.2, 0) is 26.3 Å². The lowest BCUT2D eigenvalue weighted by Crippen LogP contribution is -2.60. The molecular weight excluding hydrogens is 474 g/mol. The minimum Gasteiger partial charge on any atom is -0.459 e. The first kappa shape index (κ1) is 26.9. The van der Waals surface area contributed by atoms with Gasteiger partial charge in [-0.2, -0.15) is 0 Å². The molecule has 1 heterocycles. The van der Waals surface area contributed by atoms with E-state index in [-0.39, 0.29) is 17.5 Å². The number of nitrogens with one attached hydrogen (secondary N) is 1. The number of aromatic nitrogens is 2. The predicted molar refractivity (Wildman–Crippen MR) is 151 cm³/mol. The smallest absolute Gasteiger partial charge is 0.308 e. The Hall–Kier alpha value is -2.70. The number of aryl methyl sites for hydroxylation is 1. The van der Waals surface area contributed by atoms with Gasteiger partial charge in [-0.05, 0) is 69.3 Å². The number of carbonyl (C=O) groups is 1. The molecule has 2 aromatic carbocycles. The molecule has 6 nitrogen and oxygen atoms in total. The number of fused-ring (bicyclic) bond motifs is 4. The van der Waals surface area contributed by atoms with Crippen molar-refractivity contribution in [2.45, 2.75) is 70.0 Å². The maximum atomic E-state index is 13.0. The van der Waals surface area contributed by atoms with E-state index >= 15 is 0 Å². The molecule has 2 bridgehead atoms. The van der Waals surface area contributed by atoms with Crippen LogP contribution in [0.3, 0.4) is 0 Å². The van der Waals surface area contributed by atoms with Gasteiger partial charge in [0.2, 0.25) is 0 Å². The zero-order valence-electron chi connectivity index (χ0n) is 23.4. The van der Waals surface area contributed by atoms with Gasteiger partial charge in [0.05, 0.1) is 22.6 Å². The molecule has 3 aliphatic rings. The van der Waals surface area contributed by atoms with Crippen molar-refractivity contribution < 1.29 is 14.3 Å². The Bertz CT molecular complexity index is 1190. The molecule has 3 fully saturated rings. The van der Waals surface area contributed by atoms with E-state index in [9.17, 15) is 4.79 Å². The minimum absolute atomic E-state index is 0.0761. The summed E-state index contributed by atoms with van der Waals surface area (Å²) in [5.41, 5.74) is 2.66. The molecule has 4 atom stereocenters. The van der Waals surface area contributed by atoms with Crippen LogP contribution in [0.5, 0.6) is 0 Å². The Morgan fingerprint density at radius 3 is 2.47 bits per heavy atom. The van der Waals surface area contributed by atoms with Gasteiger partial charge in [-0.1, -0.05) is 56.3 Å². The van der Waals surface area contributed by atoms with Crippen LogP contribution in [0.4, 0.5) is 0 Å². The quantitative estimate of drug-likeness (QED) is 0.311. The summed E-state index contributed by atoms with van der Waals surface area (Å²) in [5, 5.41) is 0. The highest BCUT2D eigenvalue weighted by molar-refractivity contribution is 5.74. The lowest BCUT2D eigenvalue weighted by molar-refractivity contribution is -0.226. The average Bonchev–Trinajstić information content (AvgIpc) is 3.35. The molecular formula is C32H43N3O3. The fourth-order valence-electron chi connectivity index (χ4n) is 6.94. The van der Waals surface area contributed by atoms with Crippen LogP contribution in [0, 0.1) is 17.8 Å². The SMILES string of the molecule is CO[C@]1(c2ccccc2)C[C@H]2CC[C@@H]1C[C@]2(CCN(C)CCCc1nc2ccccc2[nH]1)OC(=O)C(C)C. The lowest BCUT2D eigenvalue weighted by atomic mass is 9.53. The van der Waals surface area contributed by atoms with E-state index in [1.165, 1.54) is 5.56 Å². The highest BCUT2D eigenvalue weighted by Gasteiger charge is 2.60. The van der Waals surface area contributed by atoms with Crippen molar-refractivity contribution in [1.29, 1.82) is 0 Å². The third kappa shape index (κ3) is 5.26. The summed E-state index contributed by atoms with van der Waals surface area (Å²) in [6.45, 7) is 5.75.